The summed E-state index contributed by atoms with van der Waals surface area (Å²) in [5.74, 6) is -4.88. The van der Waals surface area contributed by atoms with Crippen molar-refractivity contribution in [3.63, 3.8) is 0 Å². The van der Waals surface area contributed by atoms with Crippen molar-refractivity contribution in [3.05, 3.63) is 70.8 Å². The van der Waals surface area contributed by atoms with Crippen LogP contribution in [0.3, 0.4) is 0 Å². The van der Waals surface area contributed by atoms with E-state index in [1.165, 1.54) is 12.1 Å². The Morgan fingerprint density at radius 3 is 2.08 bits per heavy atom. The van der Waals surface area contributed by atoms with E-state index in [0.717, 1.165) is 23.1 Å². The zero-order valence-corrected chi connectivity index (χ0v) is 12.2. The molecule has 0 fully saturated rings. The highest BCUT2D eigenvalue weighted by Gasteiger charge is 2.41. The molecule has 1 aliphatic rings. The Morgan fingerprint density at radius 1 is 1.00 bits per heavy atom. The number of nitrogens with zero attached hydrogens (tertiary/aromatic N) is 1. The minimum atomic E-state index is -1.28. The lowest BCUT2D eigenvalue weighted by Crippen LogP contribution is -2.35. The number of rotatable bonds is 4. The van der Waals surface area contributed by atoms with E-state index in [2.05, 4.69) is 0 Å². The number of aliphatic carboxylic acids is 1. The van der Waals surface area contributed by atoms with Crippen LogP contribution in [0.25, 0.3) is 0 Å². The van der Waals surface area contributed by atoms with Crippen molar-refractivity contribution in [3.8, 4) is 0 Å². The van der Waals surface area contributed by atoms with Gasteiger partial charge in [-0.25, -0.2) is 8.78 Å². The molecule has 1 unspecified atom stereocenters. The molecule has 0 aromatic heterocycles. The normalized spacial score (nSPS) is 14.7. The fraction of sp³-hybridized carbons (Fsp3) is 0.118. The molecule has 2 amide bonds. The molecule has 2 aromatic carbocycles. The fourth-order valence-electron chi connectivity index (χ4n) is 2.73. The van der Waals surface area contributed by atoms with Gasteiger partial charge in [0.2, 0.25) is 0 Å². The molecule has 7 heteroatoms. The lowest BCUT2D eigenvalue weighted by atomic mass is 10.0. The smallest absolute Gasteiger partial charge is 0.305 e. The fourth-order valence-corrected chi connectivity index (χ4v) is 2.73. The second-order valence-electron chi connectivity index (χ2n) is 5.31. The second kappa shape index (κ2) is 5.84. The Hall–Kier alpha value is -3.09. The van der Waals surface area contributed by atoms with Crippen LogP contribution in [0.2, 0.25) is 0 Å². The third kappa shape index (κ3) is 2.54. The molecule has 1 N–H and O–H groups in total. The molecule has 2 aromatic rings. The molecule has 0 saturated heterocycles. The predicted octanol–water partition coefficient (Wildman–Crippen LogP) is 2.78. The van der Waals surface area contributed by atoms with Gasteiger partial charge in [0.15, 0.2) is 11.6 Å². The third-order valence-corrected chi connectivity index (χ3v) is 3.83. The topological polar surface area (TPSA) is 74.7 Å². The number of fused-ring (bicyclic) bond motifs is 1. The van der Waals surface area contributed by atoms with Crippen LogP contribution in [0.5, 0.6) is 0 Å². The maximum Gasteiger partial charge on any atom is 0.305 e. The molecule has 122 valence electrons. The zero-order valence-electron chi connectivity index (χ0n) is 12.2. The summed E-state index contributed by atoms with van der Waals surface area (Å²) in [5, 5.41) is 9.10. The molecule has 3 rings (SSSR count). The van der Waals surface area contributed by atoms with E-state index in [1.807, 2.05) is 0 Å². The van der Waals surface area contributed by atoms with Crippen molar-refractivity contribution in [2.75, 3.05) is 0 Å². The van der Waals surface area contributed by atoms with E-state index in [0.29, 0.717) is 0 Å². The standard InChI is InChI=1S/C17H11F2NO4/c18-12-6-5-9(7-13(12)19)14(8-15(21)22)20-16(23)10-3-1-2-4-11(10)17(20)24/h1-7,14H,8H2,(H,21,22). The van der Waals surface area contributed by atoms with E-state index in [1.54, 1.807) is 12.1 Å². The average molecular weight is 331 g/mol. The van der Waals surface area contributed by atoms with Crippen molar-refractivity contribution in [2.45, 2.75) is 12.5 Å². The van der Waals surface area contributed by atoms with Gasteiger partial charge in [-0.1, -0.05) is 18.2 Å². The lowest BCUT2D eigenvalue weighted by Gasteiger charge is -2.25. The largest absolute Gasteiger partial charge is 0.481 e. The zero-order chi connectivity index (χ0) is 17.4. The summed E-state index contributed by atoms with van der Waals surface area (Å²) in [5.41, 5.74) is 0.340. The van der Waals surface area contributed by atoms with Gasteiger partial charge in [0.25, 0.3) is 11.8 Å². The number of halogens is 2. The number of carboxylic acid groups (broad SMARTS) is 1. The van der Waals surface area contributed by atoms with Gasteiger partial charge in [-0.05, 0) is 29.8 Å². The van der Waals surface area contributed by atoms with Crippen molar-refractivity contribution in [1.29, 1.82) is 0 Å². The van der Waals surface area contributed by atoms with Crippen molar-refractivity contribution in [1.82, 2.24) is 4.90 Å². The summed E-state index contributed by atoms with van der Waals surface area (Å²) in [4.78, 5) is 36.9. The number of benzene rings is 2. The monoisotopic (exact) mass is 331 g/mol. The molecule has 0 bridgehead atoms. The quantitative estimate of drug-likeness (QED) is 0.874. The van der Waals surface area contributed by atoms with Crippen LogP contribution in [0, 0.1) is 11.6 Å². The van der Waals surface area contributed by atoms with Crippen LogP contribution in [0.1, 0.15) is 38.7 Å². The van der Waals surface area contributed by atoms with Gasteiger partial charge in [0, 0.05) is 0 Å². The predicted molar refractivity (Wildman–Crippen MR) is 78.3 cm³/mol. The number of hydrogen-bond donors (Lipinski definition) is 1. The van der Waals surface area contributed by atoms with Gasteiger partial charge in [-0.15, -0.1) is 0 Å². The van der Waals surface area contributed by atoms with Crippen molar-refractivity contribution < 1.29 is 28.3 Å². The van der Waals surface area contributed by atoms with Gasteiger partial charge < -0.3 is 5.11 Å². The number of carboxylic acids is 1. The summed E-state index contributed by atoms with van der Waals surface area (Å²) in [6.07, 6.45) is -0.615. The van der Waals surface area contributed by atoms with Crippen LogP contribution in [-0.2, 0) is 4.79 Å². The first-order valence-electron chi connectivity index (χ1n) is 7.04. The highest BCUT2D eigenvalue weighted by molar-refractivity contribution is 6.21. The van der Waals surface area contributed by atoms with Crippen LogP contribution in [0.15, 0.2) is 42.5 Å². The average Bonchev–Trinajstić information content (AvgIpc) is 2.80. The summed E-state index contributed by atoms with van der Waals surface area (Å²) in [6, 6.07) is 7.64. The van der Waals surface area contributed by atoms with Gasteiger partial charge in [0.1, 0.15) is 0 Å². The van der Waals surface area contributed by atoms with E-state index < -0.39 is 41.9 Å². The van der Waals surface area contributed by atoms with Crippen molar-refractivity contribution >= 4 is 17.8 Å². The lowest BCUT2D eigenvalue weighted by molar-refractivity contribution is -0.138. The maximum absolute atomic E-state index is 13.5. The van der Waals surface area contributed by atoms with Gasteiger partial charge in [0.05, 0.1) is 23.6 Å². The number of imide groups is 1. The van der Waals surface area contributed by atoms with Gasteiger partial charge >= 0.3 is 5.97 Å². The highest BCUT2D eigenvalue weighted by atomic mass is 19.2. The number of amides is 2. The maximum atomic E-state index is 13.5. The minimum absolute atomic E-state index is 0.0332. The van der Waals surface area contributed by atoms with E-state index in [9.17, 15) is 23.2 Å². The first-order chi connectivity index (χ1) is 11.4. The van der Waals surface area contributed by atoms with Crippen LogP contribution in [0.4, 0.5) is 8.78 Å². The molecular formula is C17H11F2NO4. The molecule has 0 spiro atoms. The summed E-state index contributed by atoms with van der Waals surface area (Å²) in [7, 11) is 0. The third-order valence-electron chi connectivity index (χ3n) is 3.83. The van der Waals surface area contributed by atoms with E-state index in [4.69, 9.17) is 5.11 Å². The van der Waals surface area contributed by atoms with E-state index in [-0.39, 0.29) is 16.7 Å². The number of carbonyl (C=O) groups excluding carboxylic acids is 2. The molecule has 0 radical (unpaired) electrons. The summed E-state index contributed by atoms with van der Waals surface area (Å²) < 4.78 is 26.6. The van der Waals surface area contributed by atoms with E-state index >= 15 is 0 Å². The summed E-state index contributed by atoms with van der Waals surface area (Å²) in [6.45, 7) is 0. The molecule has 1 atom stereocenters. The SMILES string of the molecule is O=C(O)CC(c1ccc(F)c(F)c1)N1C(=O)c2ccccc2C1=O. The number of hydrogen-bond acceptors (Lipinski definition) is 3. The molecule has 1 aliphatic heterocycles. The van der Waals surface area contributed by atoms with Crippen LogP contribution >= 0.6 is 0 Å². The Kier molecular flexibility index (Phi) is 3.84. The molecule has 24 heavy (non-hydrogen) atoms. The Labute approximate surface area is 135 Å². The Morgan fingerprint density at radius 2 is 1.58 bits per heavy atom. The second-order valence-corrected chi connectivity index (χ2v) is 5.31. The van der Waals surface area contributed by atoms with Gasteiger partial charge in [-0.3, -0.25) is 19.3 Å². The summed E-state index contributed by atoms with van der Waals surface area (Å²) >= 11 is 0. The van der Waals surface area contributed by atoms with Crippen LogP contribution < -0.4 is 0 Å². The molecular weight excluding hydrogens is 320 g/mol. The first-order valence-corrected chi connectivity index (χ1v) is 7.04. The molecule has 1 heterocycles. The molecule has 5 nitrogen and oxygen atoms in total. The Balaban J connectivity index is 2.07. The first kappa shape index (κ1) is 15.8. The Bertz CT molecular complexity index is 830. The molecule has 0 aliphatic carbocycles. The minimum Gasteiger partial charge on any atom is -0.481 e. The highest BCUT2D eigenvalue weighted by Crippen LogP contribution is 2.33. The van der Waals surface area contributed by atoms with Gasteiger partial charge in [-0.2, -0.15) is 0 Å². The van der Waals surface area contributed by atoms with Crippen LogP contribution in [-0.4, -0.2) is 27.8 Å². The molecule has 0 saturated carbocycles. The number of carbonyl (C=O) groups is 3. The van der Waals surface area contributed by atoms with Crippen molar-refractivity contribution in [2.24, 2.45) is 0 Å².